The number of para-hydroxylation sites is 2. The van der Waals surface area contributed by atoms with Gasteiger partial charge in [0.2, 0.25) is 5.91 Å². The van der Waals surface area contributed by atoms with Crippen molar-refractivity contribution in [2.24, 2.45) is 0 Å². The minimum atomic E-state index is -0.532. The van der Waals surface area contributed by atoms with E-state index in [1.807, 2.05) is 6.07 Å². The van der Waals surface area contributed by atoms with Gasteiger partial charge in [-0.1, -0.05) is 18.2 Å². The second-order valence-corrected chi connectivity index (χ2v) is 6.40. The summed E-state index contributed by atoms with van der Waals surface area (Å²) < 4.78 is 12.2. The molecule has 0 aliphatic heterocycles. The van der Waals surface area contributed by atoms with Crippen molar-refractivity contribution in [2.45, 2.75) is 25.8 Å². The maximum Gasteiger partial charge on any atom is 0.420 e. The normalized spacial score (nSPS) is 12.9. The van der Waals surface area contributed by atoms with Crippen LogP contribution >= 0.6 is 0 Å². The molecule has 1 amide bonds. The third kappa shape index (κ3) is 3.35. The van der Waals surface area contributed by atoms with Crippen molar-refractivity contribution in [1.82, 2.24) is 9.88 Å². The molecule has 0 saturated carbocycles. The van der Waals surface area contributed by atoms with Crippen molar-refractivity contribution in [3.63, 3.8) is 0 Å². The molecule has 0 radical (unpaired) electrons. The number of hydrogen-bond acceptors (Lipinski definition) is 4. The van der Waals surface area contributed by atoms with E-state index >= 15 is 0 Å². The molecule has 2 aromatic carbocycles. The third-order valence-corrected chi connectivity index (χ3v) is 4.64. The van der Waals surface area contributed by atoms with E-state index in [0.717, 1.165) is 18.6 Å². The van der Waals surface area contributed by atoms with Crippen molar-refractivity contribution >= 4 is 17.0 Å². The quantitative estimate of drug-likeness (QED) is 0.691. The molecule has 1 aliphatic carbocycles. The van der Waals surface area contributed by atoms with Crippen LogP contribution in [0.5, 0.6) is 5.75 Å². The first-order chi connectivity index (χ1) is 12.7. The molecular weight excluding hydrogens is 332 g/mol. The van der Waals surface area contributed by atoms with Gasteiger partial charge >= 0.3 is 5.76 Å². The van der Waals surface area contributed by atoms with Gasteiger partial charge in [-0.05, 0) is 54.7 Å². The fourth-order valence-electron chi connectivity index (χ4n) is 3.36. The van der Waals surface area contributed by atoms with Gasteiger partial charge in [0.05, 0.1) is 12.1 Å². The summed E-state index contributed by atoms with van der Waals surface area (Å²) in [6.45, 7) is 0.681. The third-order valence-electron chi connectivity index (χ3n) is 4.64. The zero-order valence-electron chi connectivity index (χ0n) is 14.4. The molecule has 0 spiro atoms. The molecule has 0 bridgehead atoms. The molecule has 6 heteroatoms. The highest BCUT2D eigenvalue weighted by molar-refractivity contribution is 5.79. The standard InChI is InChI=1S/C20H20N2O4/c23-19(13-22-17-6-1-2-7-18(17)26-20(22)24)21-10-11-25-16-9-8-14-4-3-5-15(14)12-16/h1-2,6-9,12H,3-5,10-11,13H2,(H,21,23). The summed E-state index contributed by atoms with van der Waals surface area (Å²) in [5.41, 5.74) is 3.86. The summed E-state index contributed by atoms with van der Waals surface area (Å²) in [7, 11) is 0. The first-order valence-electron chi connectivity index (χ1n) is 8.80. The minimum Gasteiger partial charge on any atom is -0.492 e. The highest BCUT2D eigenvalue weighted by Gasteiger charge is 2.13. The monoisotopic (exact) mass is 352 g/mol. The Balaban J connectivity index is 1.29. The molecule has 0 saturated heterocycles. The maximum absolute atomic E-state index is 12.1. The molecule has 6 nitrogen and oxygen atoms in total. The number of carbonyl (C=O) groups excluding carboxylic acids is 1. The Morgan fingerprint density at radius 3 is 2.92 bits per heavy atom. The predicted octanol–water partition coefficient (Wildman–Crippen LogP) is 2.28. The Bertz CT molecular complexity index is 1000. The predicted molar refractivity (Wildman–Crippen MR) is 97.4 cm³/mol. The second-order valence-electron chi connectivity index (χ2n) is 6.40. The largest absolute Gasteiger partial charge is 0.492 e. The van der Waals surface area contributed by atoms with Crippen molar-refractivity contribution in [3.05, 3.63) is 64.1 Å². The summed E-state index contributed by atoms with van der Waals surface area (Å²) in [6, 6.07) is 13.2. The van der Waals surface area contributed by atoms with Crippen molar-refractivity contribution in [2.75, 3.05) is 13.2 Å². The van der Waals surface area contributed by atoms with Crippen LogP contribution in [0.25, 0.3) is 11.1 Å². The van der Waals surface area contributed by atoms with Crippen LogP contribution in [0.2, 0.25) is 0 Å². The SMILES string of the molecule is O=C(Cn1c(=O)oc2ccccc21)NCCOc1ccc2c(c1)CCC2. The number of aromatic nitrogens is 1. The number of amides is 1. The Kier molecular flexibility index (Phi) is 4.48. The fourth-order valence-corrected chi connectivity index (χ4v) is 3.36. The molecule has 0 atom stereocenters. The van der Waals surface area contributed by atoms with Gasteiger partial charge in [-0.3, -0.25) is 9.36 Å². The van der Waals surface area contributed by atoms with Gasteiger partial charge in [0, 0.05) is 0 Å². The summed E-state index contributed by atoms with van der Waals surface area (Å²) in [6.07, 6.45) is 3.46. The van der Waals surface area contributed by atoms with E-state index in [1.165, 1.54) is 22.1 Å². The van der Waals surface area contributed by atoms with E-state index in [-0.39, 0.29) is 12.5 Å². The lowest BCUT2D eigenvalue weighted by Crippen LogP contribution is -2.33. The van der Waals surface area contributed by atoms with Gasteiger partial charge in [0.15, 0.2) is 5.58 Å². The lowest BCUT2D eigenvalue weighted by Gasteiger charge is -2.09. The molecule has 1 aliphatic rings. The number of carbonyl (C=O) groups is 1. The summed E-state index contributed by atoms with van der Waals surface area (Å²) in [5.74, 6) is 0.0453. The van der Waals surface area contributed by atoms with Gasteiger partial charge in [0.25, 0.3) is 0 Å². The molecule has 4 rings (SSSR count). The number of nitrogens with zero attached hydrogens (tertiary/aromatic N) is 1. The van der Waals surface area contributed by atoms with E-state index < -0.39 is 5.76 Å². The Morgan fingerprint density at radius 2 is 2.00 bits per heavy atom. The first-order valence-corrected chi connectivity index (χ1v) is 8.80. The molecular formula is C20H20N2O4. The Morgan fingerprint density at radius 1 is 1.15 bits per heavy atom. The fraction of sp³-hybridized carbons (Fsp3) is 0.300. The van der Waals surface area contributed by atoms with Crippen molar-refractivity contribution in [3.8, 4) is 5.75 Å². The number of ether oxygens (including phenoxy) is 1. The number of fused-ring (bicyclic) bond motifs is 2. The molecule has 1 heterocycles. The molecule has 3 aromatic rings. The average Bonchev–Trinajstić information content (AvgIpc) is 3.23. The van der Waals surface area contributed by atoms with Crippen LogP contribution < -0.4 is 15.8 Å². The number of hydrogen-bond donors (Lipinski definition) is 1. The Hall–Kier alpha value is -3.02. The molecule has 26 heavy (non-hydrogen) atoms. The smallest absolute Gasteiger partial charge is 0.420 e. The number of nitrogens with one attached hydrogen (secondary N) is 1. The lowest BCUT2D eigenvalue weighted by molar-refractivity contribution is -0.121. The van der Waals surface area contributed by atoms with E-state index in [1.54, 1.807) is 24.3 Å². The van der Waals surface area contributed by atoms with Gasteiger partial charge in [0.1, 0.15) is 18.9 Å². The van der Waals surface area contributed by atoms with Gasteiger partial charge < -0.3 is 14.5 Å². The summed E-state index contributed by atoms with van der Waals surface area (Å²) in [4.78, 5) is 24.0. The van der Waals surface area contributed by atoms with Crippen molar-refractivity contribution < 1.29 is 13.9 Å². The molecule has 0 fully saturated rings. The number of benzene rings is 2. The van der Waals surface area contributed by atoms with Crippen LogP contribution in [0.1, 0.15) is 17.5 Å². The van der Waals surface area contributed by atoms with E-state index in [2.05, 4.69) is 17.4 Å². The van der Waals surface area contributed by atoms with Crippen LogP contribution in [0, 0.1) is 0 Å². The van der Waals surface area contributed by atoms with Crippen LogP contribution in [-0.2, 0) is 24.2 Å². The molecule has 134 valence electrons. The highest BCUT2D eigenvalue weighted by Crippen LogP contribution is 2.25. The lowest BCUT2D eigenvalue weighted by atomic mass is 10.1. The highest BCUT2D eigenvalue weighted by atomic mass is 16.5. The van der Waals surface area contributed by atoms with Gasteiger partial charge in [-0.25, -0.2) is 4.79 Å². The average molecular weight is 352 g/mol. The van der Waals surface area contributed by atoms with E-state index in [9.17, 15) is 9.59 Å². The minimum absolute atomic E-state index is 0.0747. The van der Waals surface area contributed by atoms with Crippen LogP contribution in [-0.4, -0.2) is 23.6 Å². The van der Waals surface area contributed by atoms with Crippen LogP contribution in [0.4, 0.5) is 0 Å². The van der Waals surface area contributed by atoms with E-state index in [0.29, 0.717) is 24.3 Å². The topological polar surface area (TPSA) is 73.5 Å². The van der Waals surface area contributed by atoms with Crippen molar-refractivity contribution in [1.29, 1.82) is 0 Å². The van der Waals surface area contributed by atoms with Crippen LogP contribution in [0.15, 0.2) is 51.7 Å². The number of rotatable bonds is 6. The zero-order chi connectivity index (χ0) is 17.9. The second kappa shape index (κ2) is 7.07. The molecule has 0 unspecified atom stereocenters. The maximum atomic E-state index is 12.1. The molecule has 1 aromatic heterocycles. The van der Waals surface area contributed by atoms with Gasteiger partial charge in [-0.2, -0.15) is 0 Å². The van der Waals surface area contributed by atoms with Gasteiger partial charge in [-0.15, -0.1) is 0 Å². The van der Waals surface area contributed by atoms with E-state index in [4.69, 9.17) is 9.15 Å². The Labute approximate surface area is 150 Å². The van der Waals surface area contributed by atoms with Crippen LogP contribution in [0.3, 0.4) is 0 Å². The summed E-state index contributed by atoms with van der Waals surface area (Å²) >= 11 is 0. The number of aryl methyl sites for hydroxylation is 2. The number of oxazole rings is 1. The zero-order valence-corrected chi connectivity index (χ0v) is 14.4. The first kappa shape index (κ1) is 16.4. The summed E-state index contributed by atoms with van der Waals surface area (Å²) in [5, 5.41) is 2.77. The molecule has 1 N–H and O–H groups in total.